The molecule has 186 valence electrons. The van der Waals surface area contributed by atoms with E-state index in [4.69, 9.17) is 9.47 Å². The Hall–Kier alpha value is -0.650. The van der Waals surface area contributed by atoms with Gasteiger partial charge < -0.3 is 24.6 Å². The predicted octanol–water partition coefficient (Wildman–Crippen LogP) is 1.89. The molecule has 0 radical (unpaired) electrons. The Morgan fingerprint density at radius 1 is 1.06 bits per heavy atom. The summed E-state index contributed by atoms with van der Waals surface area (Å²) >= 11 is 0. The highest BCUT2D eigenvalue weighted by Crippen LogP contribution is 2.21. The van der Waals surface area contributed by atoms with Gasteiger partial charge in [-0.3, -0.25) is 14.7 Å². The highest BCUT2D eigenvalue weighted by molar-refractivity contribution is 14.0. The molecule has 3 aliphatic rings. The van der Waals surface area contributed by atoms with Crippen LogP contribution < -0.4 is 5.32 Å². The fourth-order valence-electron chi connectivity index (χ4n) is 4.97. The fraction of sp³-hybridized carbons (Fsp3) is 0.913. The van der Waals surface area contributed by atoms with Crippen molar-refractivity contribution in [1.82, 2.24) is 20.0 Å². The number of amides is 1. The van der Waals surface area contributed by atoms with Crippen LogP contribution in [0, 0.1) is 11.8 Å². The number of carbonyl (C=O) groups is 1. The molecule has 2 unspecified atom stereocenters. The average molecular weight is 566 g/mol. The second kappa shape index (κ2) is 14.6. The van der Waals surface area contributed by atoms with Gasteiger partial charge in [0.15, 0.2) is 5.96 Å². The highest BCUT2D eigenvalue weighted by Gasteiger charge is 2.28. The van der Waals surface area contributed by atoms with Gasteiger partial charge in [0.05, 0.1) is 12.6 Å². The molecule has 1 amide bonds. The number of likely N-dealkylation sites (tertiary alicyclic amines) is 1. The minimum absolute atomic E-state index is 0. The molecule has 0 aromatic carbocycles. The Kier molecular flexibility index (Phi) is 12.6. The summed E-state index contributed by atoms with van der Waals surface area (Å²) in [6.45, 7) is 13.8. The van der Waals surface area contributed by atoms with E-state index in [0.717, 1.165) is 90.9 Å². The van der Waals surface area contributed by atoms with E-state index in [0.29, 0.717) is 30.4 Å². The van der Waals surface area contributed by atoms with E-state index in [1.165, 1.54) is 6.42 Å². The van der Waals surface area contributed by atoms with Crippen LogP contribution in [-0.2, 0) is 14.3 Å². The smallest absolute Gasteiger partial charge is 0.236 e. The molecule has 0 aliphatic carbocycles. The van der Waals surface area contributed by atoms with Gasteiger partial charge in [-0.15, -0.1) is 24.0 Å². The van der Waals surface area contributed by atoms with E-state index in [-0.39, 0.29) is 24.0 Å². The van der Waals surface area contributed by atoms with Crippen molar-refractivity contribution in [2.75, 3.05) is 79.2 Å². The highest BCUT2D eigenvalue weighted by atomic mass is 127. The topological polar surface area (TPSA) is 69.6 Å². The summed E-state index contributed by atoms with van der Waals surface area (Å²) in [4.78, 5) is 23.9. The summed E-state index contributed by atoms with van der Waals surface area (Å²) in [7, 11) is 1.84. The number of carbonyl (C=O) groups excluding carboxylic acids is 1. The molecule has 32 heavy (non-hydrogen) atoms. The second-order valence-electron chi connectivity index (χ2n) is 9.52. The lowest BCUT2D eigenvalue weighted by atomic mass is 9.92. The molecular weight excluding hydrogens is 521 g/mol. The summed E-state index contributed by atoms with van der Waals surface area (Å²) in [6.07, 6.45) is 4.59. The minimum Gasteiger partial charge on any atom is -0.381 e. The Balaban J connectivity index is 0.00000363. The van der Waals surface area contributed by atoms with Gasteiger partial charge in [0.1, 0.15) is 0 Å². The second-order valence-corrected chi connectivity index (χ2v) is 9.52. The minimum atomic E-state index is 0. The fourth-order valence-corrected chi connectivity index (χ4v) is 4.97. The molecule has 0 bridgehead atoms. The number of nitrogens with one attached hydrogen (secondary N) is 1. The molecule has 3 fully saturated rings. The van der Waals surface area contributed by atoms with E-state index in [1.54, 1.807) is 0 Å². The van der Waals surface area contributed by atoms with Crippen molar-refractivity contribution in [3.8, 4) is 0 Å². The van der Waals surface area contributed by atoms with Crippen LogP contribution in [-0.4, -0.2) is 112 Å². The van der Waals surface area contributed by atoms with Crippen LogP contribution in [0.3, 0.4) is 0 Å². The zero-order chi connectivity index (χ0) is 22.1. The lowest BCUT2D eigenvalue weighted by molar-refractivity contribution is -0.135. The largest absolute Gasteiger partial charge is 0.381 e. The maximum atomic E-state index is 12.8. The summed E-state index contributed by atoms with van der Waals surface area (Å²) in [5, 5.41) is 3.47. The zero-order valence-corrected chi connectivity index (χ0v) is 22.6. The van der Waals surface area contributed by atoms with Crippen LogP contribution in [0.4, 0.5) is 0 Å². The summed E-state index contributed by atoms with van der Waals surface area (Å²) in [5.41, 5.74) is 0. The monoisotopic (exact) mass is 565 g/mol. The van der Waals surface area contributed by atoms with Gasteiger partial charge in [-0.05, 0) is 37.5 Å². The number of halogens is 1. The van der Waals surface area contributed by atoms with E-state index in [9.17, 15) is 4.79 Å². The van der Waals surface area contributed by atoms with E-state index < -0.39 is 0 Å². The van der Waals surface area contributed by atoms with Crippen LogP contribution in [0.5, 0.6) is 0 Å². The van der Waals surface area contributed by atoms with Crippen LogP contribution in [0.25, 0.3) is 0 Å². The number of piperazine rings is 1. The first-order valence-electron chi connectivity index (χ1n) is 12.2. The van der Waals surface area contributed by atoms with Crippen molar-refractivity contribution in [3.05, 3.63) is 0 Å². The van der Waals surface area contributed by atoms with Gasteiger partial charge >= 0.3 is 0 Å². The maximum Gasteiger partial charge on any atom is 0.236 e. The standard InChI is InChI=1S/C23H43N5O3.HI/c1-19-15-20(2)17-28(16-19)22(29)18-26-8-10-27(11-9-26)23(24-3)25-7-4-12-31-21-5-13-30-14-6-21;/h19-21H,4-18H2,1-3H3,(H,24,25);1H. The third kappa shape index (κ3) is 8.95. The van der Waals surface area contributed by atoms with E-state index in [1.807, 2.05) is 7.05 Å². The van der Waals surface area contributed by atoms with Crippen molar-refractivity contribution in [1.29, 1.82) is 0 Å². The molecule has 8 nitrogen and oxygen atoms in total. The van der Waals surface area contributed by atoms with Crippen molar-refractivity contribution in [2.24, 2.45) is 16.8 Å². The van der Waals surface area contributed by atoms with Gasteiger partial charge in [-0.25, -0.2) is 0 Å². The van der Waals surface area contributed by atoms with Gasteiger partial charge in [0.2, 0.25) is 5.91 Å². The number of guanidine groups is 1. The quantitative estimate of drug-likeness (QED) is 0.220. The summed E-state index contributed by atoms with van der Waals surface area (Å²) < 4.78 is 11.3. The molecule has 3 rings (SSSR count). The Bertz CT molecular complexity index is 570. The third-order valence-corrected chi connectivity index (χ3v) is 6.59. The molecule has 0 aromatic heterocycles. The van der Waals surface area contributed by atoms with E-state index >= 15 is 0 Å². The Morgan fingerprint density at radius 2 is 1.72 bits per heavy atom. The molecule has 0 aromatic rings. The number of nitrogens with zero attached hydrogens (tertiary/aromatic N) is 4. The van der Waals surface area contributed by atoms with Crippen LogP contribution in [0.2, 0.25) is 0 Å². The first-order chi connectivity index (χ1) is 15.0. The van der Waals surface area contributed by atoms with Crippen molar-refractivity contribution in [2.45, 2.75) is 45.6 Å². The van der Waals surface area contributed by atoms with Crippen LogP contribution in [0.1, 0.15) is 39.5 Å². The average Bonchev–Trinajstić information content (AvgIpc) is 2.77. The predicted molar refractivity (Wildman–Crippen MR) is 139 cm³/mol. The van der Waals surface area contributed by atoms with Crippen molar-refractivity contribution < 1.29 is 14.3 Å². The lowest BCUT2D eigenvalue weighted by Crippen LogP contribution is -2.55. The van der Waals surface area contributed by atoms with Crippen molar-refractivity contribution in [3.63, 3.8) is 0 Å². The number of aliphatic imine (C=N–C) groups is 1. The first-order valence-corrected chi connectivity index (χ1v) is 12.2. The SMILES string of the molecule is CN=C(NCCCOC1CCOCC1)N1CCN(CC(=O)N2CC(C)CC(C)C2)CC1.I. The number of ether oxygens (including phenoxy) is 2. The molecule has 3 saturated heterocycles. The van der Waals surface area contributed by atoms with Gasteiger partial charge in [0, 0.05) is 72.7 Å². The molecular formula is C23H44IN5O3. The maximum absolute atomic E-state index is 12.8. The Morgan fingerprint density at radius 3 is 2.34 bits per heavy atom. The Labute approximate surface area is 211 Å². The number of hydrogen-bond donors (Lipinski definition) is 1. The normalized spacial score (nSPS) is 26.0. The lowest BCUT2D eigenvalue weighted by Gasteiger charge is -2.39. The zero-order valence-electron chi connectivity index (χ0n) is 20.3. The number of hydrogen-bond acceptors (Lipinski definition) is 5. The number of piperidine rings is 1. The molecule has 3 heterocycles. The van der Waals surface area contributed by atoms with Crippen LogP contribution >= 0.6 is 24.0 Å². The van der Waals surface area contributed by atoms with Gasteiger partial charge in [-0.1, -0.05) is 13.8 Å². The van der Waals surface area contributed by atoms with Gasteiger partial charge in [0.25, 0.3) is 0 Å². The van der Waals surface area contributed by atoms with E-state index in [2.05, 4.69) is 38.9 Å². The molecule has 3 aliphatic heterocycles. The molecule has 1 N–H and O–H groups in total. The summed E-state index contributed by atoms with van der Waals surface area (Å²) in [5.74, 6) is 2.47. The van der Waals surface area contributed by atoms with Gasteiger partial charge in [-0.2, -0.15) is 0 Å². The molecule has 2 atom stereocenters. The summed E-state index contributed by atoms with van der Waals surface area (Å²) in [6, 6.07) is 0. The molecule has 0 saturated carbocycles. The molecule has 9 heteroatoms. The third-order valence-electron chi connectivity index (χ3n) is 6.59. The van der Waals surface area contributed by atoms with Crippen LogP contribution in [0.15, 0.2) is 4.99 Å². The number of rotatable bonds is 7. The first kappa shape index (κ1) is 27.6. The molecule has 0 spiro atoms. The van der Waals surface area contributed by atoms with Crippen molar-refractivity contribution >= 4 is 35.8 Å².